The van der Waals surface area contributed by atoms with Crippen molar-refractivity contribution >= 4 is 11.9 Å². The number of carbonyl (C=O) groups excluding carboxylic acids is 1. The quantitative estimate of drug-likeness (QED) is 0.668. The Morgan fingerprint density at radius 2 is 2.00 bits per heavy atom. The van der Waals surface area contributed by atoms with Crippen LogP contribution >= 0.6 is 0 Å². The first-order chi connectivity index (χ1) is 8.14. The van der Waals surface area contributed by atoms with Gasteiger partial charge in [0, 0.05) is 6.54 Å². The van der Waals surface area contributed by atoms with Crippen LogP contribution in [0.3, 0.4) is 0 Å². The van der Waals surface area contributed by atoms with Crippen molar-refractivity contribution in [2.45, 2.75) is 44.6 Å². The molecular weight excluding hydrogens is 220 g/mol. The molecule has 0 aromatic carbocycles. The molecule has 1 heterocycles. The zero-order chi connectivity index (χ0) is 12.3. The minimum absolute atomic E-state index is 0.0463. The highest BCUT2D eigenvalue weighted by Crippen LogP contribution is 2.37. The Morgan fingerprint density at radius 3 is 2.53 bits per heavy atom. The number of nitrogens with one attached hydrogen (secondary N) is 2. The van der Waals surface area contributed by atoms with Gasteiger partial charge in [-0.1, -0.05) is 12.8 Å². The lowest BCUT2D eigenvalue weighted by Crippen LogP contribution is -2.47. The summed E-state index contributed by atoms with van der Waals surface area (Å²) in [5.74, 6) is -0.815. The Labute approximate surface area is 101 Å². The molecule has 5 nitrogen and oxygen atoms in total. The maximum atomic E-state index is 11.8. The normalized spacial score (nSPS) is 26.9. The molecule has 0 bridgehead atoms. The summed E-state index contributed by atoms with van der Waals surface area (Å²) in [6, 6.07) is -0.123. The fourth-order valence-electron chi connectivity index (χ4n) is 2.81. The van der Waals surface area contributed by atoms with Crippen LogP contribution in [0.4, 0.5) is 0 Å². The molecule has 5 heteroatoms. The summed E-state index contributed by atoms with van der Waals surface area (Å²) in [4.78, 5) is 23.1. The van der Waals surface area contributed by atoms with E-state index in [9.17, 15) is 14.7 Å². The van der Waals surface area contributed by atoms with E-state index in [-0.39, 0.29) is 18.5 Å². The highest BCUT2D eigenvalue weighted by molar-refractivity contribution is 5.83. The fraction of sp³-hybridized carbons (Fsp3) is 0.833. The van der Waals surface area contributed by atoms with E-state index in [2.05, 4.69) is 10.6 Å². The van der Waals surface area contributed by atoms with Crippen LogP contribution in [0.5, 0.6) is 0 Å². The molecule has 1 amide bonds. The summed E-state index contributed by atoms with van der Waals surface area (Å²) in [6.45, 7) is 1.15. The number of aliphatic carboxylic acids is 1. The van der Waals surface area contributed by atoms with Crippen molar-refractivity contribution in [3.63, 3.8) is 0 Å². The van der Waals surface area contributed by atoms with Crippen molar-refractivity contribution in [3.8, 4) is 0 Å². The summed E-state index contributed by atoms with van der Waals surface area (Å²) in [7, 11) is 0. The molecule has 1 aliphatic carbocycles. The highest BCUT2D eigenvalue weighted by Gasteiger charge is 2.41. The van der Waals surface area contributed by atoms with Crippen molar-refractivity contribution in [2.24, 2.45) is 5.41 Å². The molecule has 0 radical (unpaired) electrons. The molecule has 3 N–H and O–H groups in total. The van der Waals surface area contributed by atoms with Crippen molar-refractivity contribution in [3.05, 3.63) is 0 Å². The second kappa shape index (κ2) is 5.04. The Balaban J connectivity index is 1.87. The van der Waals surface area contributed by atoms with E-state index in [0.717, 1.165) is 32.2 Å². The molecule has 96 valence electrons. The average molecular weight is 240 g/mol. The predicted octanol–water partition coefficient (Wildman–Crippen LogP) is 0.500. The third-order valence-electron chi connectivity index (χ3n) is 3.99. The number of amides is 1. The number of hydrogen-bond acceptors (Lipinski definition) is 3. The zero-order valence-electron chi connectivity index (χ0n) is 10.00. The lowest BCUT2D eigenvalue weighted by Gasteiger charge is -2.24. The van der Waals surface area contributed by atoms with Crippen molar-refractivity contribution < 1.29 is 14.7 Å². The number of carboxylic acid groups (broad SMARTS) is 1. The van der Waals surface area contributed by atoms with Gasteiger partial charge in [0.2, 0.25) is 5.91 Å². The predicted molar refractivity (Wildman–Crippen MR) is 62.6 cm³/mol. The summed E-state index contributed by atoms with van der Waals surface area (Å²) >= 11 is 0. The Hall–Kier alpha value is -1.10. The van der Waals surface area contributed by atoms with Gasteiger partial charge in [-0.15, -0.1) is 0 Å². The van der Waals surface area contributed by atoms with Gasteiger partial charge in [0.15, 0.2) is 0 Å². The molecule has 2 aliphatic rings. The molecule has 1 atom stereocenters. The minimum Gasteiger partial charge on any atom is -0.481 e. The van der Waals surface area contributed by atoms with E-state index in [4.69, 9.17) is 0 Å². The Kier molecular flexibility index (Phi) is 3.66. The summed E-state index contributed by atoms with van der Waals surface area (Å²) in [5, 5.41) is 15.2. The smallest absolute Gasteiger partial charge is 0.311 e. The second-order valence-corrected chi connectivity index (χ2v) is 5.16. The number of rotatable bonds is 4. The van der Waals surface area contributed by atoms with Gasteiger partial charge in [0.25, 0.3) is 0 Å². The monoisotopic (exact) mass is 240 g/mol. The fourth-order valence-corrected chi connectivity index (χ4v) is 2.81. The van der Waals surface area contributed by atoms with E-state index in [1.165, 1.54) is 0 Å². The molecule has 1 aliphatic heterocycles. The first-order valence-corrected chi connectivity index (χ1v) is 6.39. The van der Waals surface area contributed by atoms with Crippen molar-refractivity contribution in [1.29, 1.82) is 0 Å². The van der Waals surface area contributed by atoms with E-state index in [1.54, 1.807) is 0 Å². The van der Waals surface area contributed by atoms with E-state index >= 15 is 0 Å². The summed E-state index contributed by atoms with van der Waals surface area (Å²) in [5.41, 5.74) is -0.714. The topological polar surface area (TPSA) is 78.4 Å². The van der Waals surface area contributed by atoms with Gasteiger partial charge in [-0.05, 0) is 32.2 Å². The van der Waals surface area contributed by atoms with E-state index in [0.29, 0.717) is 12.8 Å². The first kappa shape index (κ1) is 12.4. The Bertz CT molecular complexity index is 305. The van der Waals surface area contributed by atoms with E-state index in [1.807, 2.05) is 0 Å². The van der Waals surface area contributed by atoms with Gasteiger partial charge in [-0.25, -0.2) is 0 Å². The van der Waals surface area contributed by atoms with Gasteiger partial charge in [0.1, 0.15) is 0 Å². The molecule has 2 rings (SSSR count). The molecule has 17 heavy (non-hydrogen) atoms. The standard InChI is InChI=1S/C12H20N2O3/c15-10(9-4-3-7-13-9)14-8-12(11(16)17)5-1-2-6-12/h9,13H,1-8H2,(H,14,15)(H,16,17)/t9-/m0/s1. The van der Waals surface area contributed by atoms with Crippen LogP contribution in [-0.4, -0.2) is 36.1 Å². The SMILES string of the molecule is O=C(NCC1(C(=O)O)CCCC1)[C@@H]1CCCN1. The van der Waals surface area contributed by atoms with Crippen molar-refractivity contribution in [1.82, 2.24) is 10.6 Å². The zero-order valence-corrected chi connectivity index (χ0v) is 10.00. The third-order valence-corrected chi connectivity index (χ3v) is 3.99. The highest BCUT2D eigenvalue weighted by atomic mass is 16.4. The molecular formula is C12H20N2O3. The molecule has 0 aromatic heterocycles. The molecule has 2 fully saturated rings. The molecule has 1 saturated carbocycles. The van der Waals surface area contributed by atoms with Crippen molar-refractivity contribution in [2.75, 3.05) is 13.1 Å². The van der Waals surface area contributed by atoms with Gasteiger partial charge >= 0.3 is 5.97 Å². The number of hydrogen-bond donors (Lipinski definition) is 3. The number of carbonyl (C=O) groups is 2. The van der Waals surface area contributed by atoms with Gasteiger partial charge in [-0.2, -0.15) is 0 Å². The molecule has 0 unspecified atom stereocenters. The van der Waals surface area contributed by atoms with Crippen LogP contribution in [0.25, 0.3) is 0 Å². The van der Waals surface area contributed by atoms with Crippen LogP contribution in [0.2, 0.25) is 0 Å². The first-order valence-electron chi connectivity index (χ1n) is 6.39. The third kappa shape index (κ3) is 2.60. The van der Waals surface area contributed by atoms with Gasteiger partial charge in [0.05, 0.1) is 11.5 Å². The van der Waals surface area contributed by atoms with Crippen LogP contribution in [0, 0.1) is 5.41 Å². The Morgan fingerprint density at radius 1 is 1.29 bits per heavy atom. The molecule has 0 aromatic rings. The van der Waals surface area contributed by atoms with Gasteiger partial charge < -0.3 is 15.7 Å². The minimum atomic E-state index is -0.769. The maximum Gasteiger partial charge on any atom is 0.311 e. The summed E-state index contributed by atoms with van der Waals surface area (Å²) in [6.07, 6.45) is 5.13. The summed E-state index contributed by atoms with van der Waals surface area (Å²) < 4.78 is 0. The number of carboxylic acids is 1. The van der Waals surface area contributed by atoms with Crippen LogP contribution < -0.4 is 10.6 Å². The molecule has 0 spiro atoms. The maximum absolute atomic E-state index is 11.8. The molecule has 1 saturated heterocycles. The van der Waals surface area contributed by atoms with Crippen LogP contribution in [0.1, 0.15) is 38.5 Å². The lowest BCUT2D eigenvalue weighted by atomic mass is 9.86. The van der Waals surface area contributed by atoms with E-state index < -0.39 is 11.4 Å². The van der Waals surface area contributed by atoms with Crippen LogP contribution in [0.15, 0.2) is 0 Å². The largest absolute Gasteiger partial charge is 0.481 e. The lowest BCUT2D eigenvalue weighted by molar-refractivity contribution is -0.148. The van der Waals surface area contributed by atoms with Gasteiger partial charge in [-0.3, -0.25) is 9.59 Å². The average Bonchev–Trinajstić information content (AvgIpc) is 2.97. The second-order valence-electron chi connectivity index (χ2n) is 5.16. The van der Waals surface area contributed by atoms with Crippen LogP contribution in [-0.2, 0) is 9.59 Å².